The molecule has 5 heteroatoms. The third kappa shape index (κ3) is 5.29. The topological polar surface area (TPSA) is 69.4 Å². The van der Waals surface area contributed by atoms with Gasteiger partial charge < -0.3 is 4.74 Å². The zero-order valence-corrected chi connectivity index (χ0v) is 8.49. The lowest BCUT2D eigenvalue weighted by molar-refractivity contribution is -0.428. The maximum absolute atomic E-state index is 10.7. The van der Waals surface area contributed by atoms with E-state index in [1.165, 1.54) is 13.2 Å². The summed E-state index contributed by atoms with van der Waals surface area (Å²) in [5.74, 6) is -0.270. The highest BCUT2D eigenvalue weighted by molar-refractivity contribution is 5.68. The number of carbonyl (C=O) groups is 1. The van der Waals surface area contributed by atoms with Crippen LogP contribution in [0.1, 0.15) is 32.6 Å². The molecular weight excluding hydrogens is 186 g/mol. The van der Waals surface area contributed by atoms with E-state index in [0.717, 1.165) is 0 Å². The first-order valence-electron chi connectivity index (χ1n) is 4.48. The molecule has 0 saturated heterocycles. The lowest BCUT2D eigenvalue weighted by atomic mass is 10.1. The third-order valence-corrected chi connectivity index (χ3v) is 1.86. The average molecular weight is 201 g/mol. The average Bonchev–Trinajstić information content (AvgIpc) is 2.16. The molecular formula is C9H15NO4. The number of allylic oxidation sites excluding steroid dienone is 2. The van der Waals surface area contributed by atoms with Gasteiger partial charge >= 0.3 is 5.97 Å². The molecule has 0 fully saturated rings. The molecule has 0 saturated carbocycles. The first-order valence-corrected chi connectivity index (χ1v) is 4.48. The predicted molar refractivity (Wildman–Crippen MR) is 51.2 cm³/mol. The molecule has 0 radical (unpaired) electrons. The number of nitro groups is 1. The van der Waals surface area contributed by atoms with Crippen LogP contribution in [0.25, 0.3) is 0 Å². The number of ether oxygens (including phenoxy) is 1. The maximum Gasteiger partial charge on any atom is 0.305 e. The number of rotatable bonds is 6. The van der Waals surface area contributed by atoms with Crippen LogP contribution in [-0.4, -0.2) is 18.0 Å². The van der Waals surface area contributed by atoms with E-state index in [2.05, 4.69) is 4.74 Å². The van der Waals surface area contributed by atoms with Crippen LogP contribution in [0.4, 0.5) is 0 Å². The van der Waals surface area contributed by atoms with E-state index >= 15 is 0 Å². The van der Waals surface area contributed by atoms with Crippen LogP contribution in [0.2, 0.25) is 0 Å². The second-order valence-electron chi connectivity index (χ2n) is 2.82. The minimum Gasteiger partial charge on any atom is -0.469 e. The fraction of sp³-hybridized carbons (Fsp3) is 0.667. The molecule has 0 aromatic carbocycles. The smallest absolute Gasteiger partial charge is 0.305 e. The zero-order valence-electron chi connectivity index (χ0n) is 8.49. The quantitative estimate of drug-likeness (QED) is 0.285. The number of unbranched alkanes of at least 4 members (excludes halogenated alkanes) is 1. The van der Waals surface area contributed by atoms with Crippen molar-refractivity contribution < 1.29 is 14.5 Å². The van der Waals surface area contributed by atoms with Gasteiger partial charge in [-0.2, -0.15) is 0 Å². The van der Waals surface area contributed by atoms with Crippen molar-refractivity contribution in [2.24, 2.45) is 0 Å². The highest BCUT2D eigenvalue weighted by Gasteiger charge is 2.08. The number of hydrogen-bond acceptors (Lipinski definition) is 4. The Morgan fingerprint density at radius 3 is 2.43 bits per heavy atom. The molecule has 0 bridgehead atoms. The molecule has 0 aromatic heterocycles. The van der Waals surface area contributed by atoms with Crippen LogP contribution in [-0.2, 0) is 9.53 Å². The SMILES string of the molecule is C/C=C(/CCCCC(=O)OC)[N+](=O)[O-]. The van der Waals surface area contributed by atoms with Crippen LogP contribution in [0.5, 0.6) is 0 Å². The summed E-state index contributed by atoms with van der Waals surface area (Å²) < 4.78 is 4.44. The van der Waals surface area contributed by atoms with Gasteiger partial charge in [0.25, 0.3) is 0 Å². The minimum atomic E-state index is -0.391. The number of carbonyl (C=O) groups excluding carboxylic acids is 1. The number of esters is 1. The first kappa shape index (κ1) is 12.6. The molecule has 0 amide bonds. The Morgan fingerprint density at radius 2 is 2.00 bits per heavy atom. The van der Waals surface area contributed by atoms with E-state index in [4.69, 9.17) is 0 Å². The van der Waals surface area contributed by atoms with E-state index in [0.29, 0.717) is 25.7 Å². The summed E-state index contributed by atoms with van der Waals surface area (Å²) >= 11 is 0. The van der Waals surface area contributed by atoms with Crippen molar-refractivity contribution in [3.05, 3.63) is 21.9 Å². The van der Waals surface area contributed by atoms with E-state index < -0.39 is 4.92 Å². The van der Waals surface area contributed by atoms with Crippen molar-refractivity contribution >= 4 is 5.97 Å². The highest BCUT2D eigenvalue weighted by atomic mass is 16.6. The molecule has 80 valence electrons. The first-order chi connectivity index (χ1) is 6.61. The Balaban J connectivity index is 3.63. The van der Waals surface area contributed by atoms with Crippen LogP contribution >= 0.6 is 0 Å². The zero-order chi connectivity index (χ0) is 11.0. The summed E-state index contributed by atoms with van der Waals surface area (Å²) in [5.41, 5.74) is 0.204. The number of hydrogen-bond donors (Lipinski definition) is 0. The normalized spacial score (nSPS) is 11.1. The molecule has 0 aliphatic rings. The molecule has 0 atom stereocenters. The monoisotopic (exact) mass is 201 g/mol. The third-order valence-electron chi connectivity index (χ3n) is 1.86. The fourth-order valence-corrected chi connectivity index (χ4v) is 1.02. The van der Waals surface area contributed by atoms with E-state index in [9.17, 15) is 14.9 Å². The summed E-state index contributed by atoms with van der Waals surface area (Å²) in [6.45, 7) is 1.64. The Bertz CT molecular complexity index is 235. The van der Waals surface area contributed by atoms with Gasteiger partial charge in [-0.1, -0.05) is 0 Å². The maximum atomic E-state index is 10.7. The van der Waals surface area contributed by atoms with Gasteiger partial charge in [0.1, 0.15) is 0 Å². The molecule has 0 aliphatic heterocycles. The molecule has 0 unspecified atom stereocenters. The summed E-state index contributed by atoms with van der Waals surface area (Å²) in [6.07, 6.45) is 3.47. The van der Waals surface area contributed by atoms with Crippen molar-refractivity contribution in [3.63, 3.8) is 0 Å². The standard InChI is InChI=1S/C9H15NO4/c1-3-8(10(12)13)6-4-5-7-9(11)14-2/h3H,4-7H2,1-2H3/b8-3-. The second kappa shape index (κ2) is 7.06. The second-order valence-corrected chi connectivity index (χ2v) is 2.82. The minimum absolute atomic E-state index is 0.204. The summed E-state index contributed by atoms with van der Waals surface area (Å²) in [5, 5.41) is 10.4. The molecule has 0 spiro atoms. The van der Waals surface area contributed by atoms with E-state index in [1.807, 2.05) is 0 Å². The Kier molecular flexibility index (Phi) is 6.36. The van der Waals surface area contributed by atoms with E-state index in [-0.39, 0.29) is 11.7 Å². The lowest BCUT2D eigenvalue weighted by Gasteiger charge is -1.98. The lowest BCUT2D eigenvalue weighted by Crippen LogP contribution is -2.01. The summed E-state index contributed by atoms with van der Waals surface area (Å²) in [4.78, 5) is 20.7. The van der Waals surface area contributed by atoms with Crippen LogP contribution in [0.15, 0.2) is 11.8 Å². The van der Waals surface area contributed by atoms with Crippen LogP contribution in [0, 0.1) is 10.1 Å². The molecule has 14 heavy (non-hydrogen) atoms. The van der Waals surface area contributed by atoms with Gasteiger partial charge in [0.05, 0.1) is 12.0 Å². The Hall–Kier alpha value is -1.39. The van der Waals surface area contributed by atoms with Crippen molar-refractivity contribution in [2.45, 2.75) is 32.6 Å². The molecule has 0 rings (SSSR count). The van der Waals surface area contributed by atoms with Crippen molar-refractivity contribution in [2.75, 3.05) is 7.11 Å². The number of nitrogens with zero attached hydrogens (tertiary/aromatic N) is 1. The summed E-state index contributed by atoms with van der Waals surface area (Å²) in [7, 11) is 1.33. The van der Waals surface area contributed by atoms with Gasteiger partial charge in [-0.3, -0.25) is 14.9 Å². The Morgan fingerprint density at radius 1 is 1.43 bits per heavy atom. The van der Waals surface area contributed by atoms with Gasteiger partial charge in [0, 0.05) is 12.8 Å². The summed E-state index contributed by atoms with van der Waals surface area (Å²) in [6, 6.07) is 0. The van der Waals surface area contributed by atoms with Crippen molar-refractivity contribution in [1.82, 2.24) is 0 Å². The van der Waals surface area contributed by atoms with Gasteiger partial charge in [0.2, 0.25) is 5.70 Å². The number of methoxy groups -OCH3 is 1. The molecule has 0 heterocycles. The largest absolute Gasteiger partial charge is 0.469 e. The van der Waals surface area contributed by atoms with Crippen LogP contribution < -0.4 is 0 Å². The van der Waals surface area contributed by atoms with Gasteiger partial charge in [0.15, 0.2) is 0 Å². The van der Waals surface area contributed by atoms with Gasteiger partial charge in [-0.25, -0.2) is 0 Å². The van der Waals surface area contributed by atoms with Gasteiger partial charge in [-0.05, 0) is 25.8 Å². The molecule has 0 aliphatic carbocycles. The fourth-order valence-electron chi connectivity index (χ4n) is 1.02. The highest BCUT2D eigenvalue weighted by Crippen LogP contribution is 2.09. The molecule has 5 nitrogen and oxygen atoms in total. The van der Waals surface area contributed by atoms with Gasteiger partial charge in [-0.15, -0.1) is 0 Å². The van der Waals surface area contributed by atoms with Crippen LogP contribution in [0.3, 0.4) is 0 Å². The Labute approximate surface area is 82.9 Å². The molecule has 0 aromatic rings. The van der Waals surface area contributed by atoms with E-state index in [1.54, 1.807) is 6.92 Å². The van der Waals surface area contributed by atoms with Crippen molar-refractivity contribution in [1.29, 1.82) is 0 Å². The molecule has 0 N–H and O–H groups in total. The predicted octanol–water partition coefficient (Wildman–Crippen LogP) is 1.90. The van der Waals surface area contributed by atoms with Crippen molar-refractivity contribution in [3.8, 4) is 0 Å².